The van der Waals surface area contributed by atoms with Gasteiger partial charge in [0.15, 0.2) is 18.4 Å². The summed E-state index contributed by atoms with van der Waals surface area (Å²) in [5.41, 5.74) is 1.36. The molecule has 0 spiro atoms. The molecular weight excluding hydrogens is 605 g/mol. The summed E-state index contributed by atoms with van der Waals surface area (Å²) >= 11 is 12.6. The molecule has 0 saturated carbocycles. The van der Waals surface area contributed by atoms with Crippen LogP contribution in [0.1, 0.15) is 64.0 Å². The molecular formula is C29H27Cl2N3O9. The largest absolute Gasteiger partial charge is 0.463 e. The van der Waals surface area contributed by atoms with Gasteiger partial charge in [0.1, 0.15) is 18.5 Å². The highest BCUT2D eigenvalue weighted by Gasteiger charge is 2.51. The number of esters is 3. The number of hydrogen-bond donors (Lipinski definition) is 0. The first-order valence-electron chi connectivity index (χ1n) is 15.1. The number of ether oxygens (including phenoxy) is 4. The van der Waals surface area contributed by atoms with Gasteiger partial charge < -0.3 is 18.9 Å². The van der Waals surface area contributed by atoms with Gasteiger partial charge in [-0.1, -0.05) is 35.3 Å². The van der Waals surface area contributed by atoms with Crippen LogP contribution in [0.25, 0.3) is 11.0 Å². The summed E-state index contributed by atoms with van der Waals surface area (Å²) < 4.78 is 46.0. The van der Waals surface area contributed by atoms with Crippen molar-refractivity contribution in [1.82, 2.24) is 14.5 Å². The van der Waals surface area contributed by atoms with E-state index in [-0.39, 0.29) is 29.4 Å². The zero-order chi connectivity index (χ0) is 33.1. The van der Waals surface area contributed by atoms with E-state index in [2.05, 4.69) is 4.98 Å². The summed E-state index contributed by atoms with van der Waals surface area (Å²) in [6.45, 7) is -2.68. The quantitative estimate of drug-likeness (QED) is 0.193. The molecule has 2 aliphatic rings. The lowest BCUT2D eigenvalue weighted by molar-refractivity contribution is -0.166. The molecule has 1 fully saturated rings. The van der Waals surface area contributed by atoms with E-state index >= 15 is 0 Å². The van der Waals surface area contributed by atoms with Crippen LogP contribution < -0.4 is 0 Å². The van der Waals surface area contributed by atoms with Crippen molar-refractivity contribution in [2.24, 2.45) is 0 Å². The Bertz CT molecular complexity index is 1670. The van der Waals surface area contributed by atoms with Crippen LogP contribution in [0.3, 0.4) is 0 Å². The fourth-order valence-corrected chi connectivity index (χ4v) is 5.55. The SMILES string of the molecule is [2H]CC(=O)OC[C@H]1OC(n2c(CCCN3C(=O)c4ccccc4C3=O)nc3cc(Cl)c(Cl)cc32)[C@H](OC(=O)C[2H])[C@@H]1OC(=O)C[2H]. The highest BCUT2D eigenvalue weighted by Crippen LogP contribution is 2.39. The first-order valence-corrected chi connectivity index (χ1v) is 13.7. The fourth-order valence-electron chi connectivity index (χ4n) is 5.23. The van der Waals surface area contributed by atoms with Gasteiger partial charge in [-0.25, -0.2) is 4.98 Å². The molecule has 0 bridgehead atoms. The number of rotatable bonds is 9. The van der Waals surface area contributed by atoms with Gasteiger partial charge in [-0.3, -0.25) is 33.4 Å². The van der Waals surface area contributed by atoms with Crippen molar-refractivity contribution in [2.45, 2.75) is 58.1 Å². The van der Waals surface area contributed by atoms with Gasteiger partial charge in [-0.15, -0.1) is 0 Å². The van der Waals surface area contributed by atoms with E-state index in [4.69, 9.17) is 46.3 Å². The number of imidazole rings is 1. The number of aromatic nitrogens is 2. The topological polar surface area (TPSA) is 143 Å². The van der Waals surface area contributed by atoms with Crippen LogP contribution in [-0.4, -0.2) is 75.6 Å². The normalized spacial score (nSPS) is 22.2. The van der Waals surface area contributed by atoms with Crippen LogP contribution in [0, 0.1) is 0 Å². The Balaban J connectivity index is 1.51. The Morgan fingerprint density at radius 1 is 0.953 bits per heavy atom. The van der Waals surface area contributed by atoms with Gasteiger partial charge in [-0.05, 0) is 30.7 Å². The van der Waals surface area contributed by atoms with Crippen molar-refractivity contribution in [3.05, 3.63) is 63.4 Å². The van der Waals surface area contributed by atoms with Gasteiger partial charge >= 0.3 is 17.9 Å². The second kappa shape index (κ2) is 12.3. The molecule has 43 heavy (non-hydrogen) atoms. The van der Waals surface area contributed by atoms with Crippen LogP contribution in [0.2, 0.25) is 10.0 Å². The number of benzene rings is 2. The molecule has 226 valence electrons. The summed E-state index contributed by atoms with van der Waals surface area (Å²) in [4.78, 5) is 68.1. The second-order valence-electron chi connectivity index (χ2n) is 9.72. The lowest BCUT2D eigenvalue weighted by Crippen LogP contribution is -2.40. The number of fused-ring (bicyclic) bond motifs is 2. The minimum atomic E-state index is -1.41. The number of carbonyl (C=O) groups excluding carboxylic acids is 5. The lowest BCUT2D eigenvalue weighted by atomic mass is 10.1. The van der Waals surface area contributed by atoms with E-state index in [9.17, 15) is 24.0 Å². The van der Waals surface area contributed by atoms with E-state index in [1.807, 2.05) is 0 Å². The van der Waals surface area contributed by atoms with E-state index in [0.29, 0.717) is 28.0 Å². The van der Waals surface area contributed by atoms with E-state index in [1.165, 1.54) is 16.7 Å². The number of carbonyl (C=O) groups is 5. The third kappa shape index (κ3) is 6.08. The van der Waals surface area contributed by atoms with Crippen LogP contribution in [0.4, 0.5) is 0 Å². The number of nitrogens with zero attached hydrogens (tertiary/aromatic N) is 3. The minimum Gasteiger partial charge on any atom is -0.463 e. The molecule has 0 radical (unpaired) electrons. The van der Waals surface area contributed by atoms with Crippen molar-refractivity contribution < 1.29 is 47.0 Å². The molecule has 1 aromatic heterocycles. The maximum absolute atomic E-state index is 12.9. The Labute approximate surface area is 259 Å². The number of imide groups is 1. The van der Waals surface area contributed by atoms with Crippen molar-refractivity contribution in [3.8, 4) is 0 Å². The van der Waals surface area contributed by atoms with Gasteiger partial charge in [-0.2, -0.15) is 0 Å². The number of hydrogen-bond acceptors (Lipinski definition) is 10. The number of aryl methyl sites for hydroxylation is 1. The molecule has 3 heterocycles. The second-order valence-corrected chi connectivity index (χ2v) is 10.5. The van der Waals surface area contributed by atoms with E-state index < -0.39 is 81.6 Å². The molecule has 2 amide bonds. The zero-order valence-electron chi connectivity index (χ0n) is 25.5. The van der Waals surface area contributed by atoms with Gasteiger partial charge in [0.2, 0.25) is 0 Å². The Hall–Kier alpha value is -4.00. The molecule has 2 aliphatic heterocycles. The summed E-state index contributed by atoms with van der Waals surface area (Å²) in [6, 6.07) is 9.53. The monoisotopic (exact) mass is 634 g/mol. The van der Waals surface area contributed by atoms with E-state index in [0.717, 1.165) is 4.90 Å². The van der Waals surface area contributed by atoms with Gasteiger partial charge in [0, 0.05) is 37.8 Å². The molecule has 2 aromatic carbocycles. The zero-order valence-corrected chi connectivity index (χ0v) is 24.0. The highest BCUT2D eigenvalue weighted by atomic mass is 35.5. The summed E-state index contributed by atoms with van der Waals surface area (Å²) in [7, 11) is 0. The van der Waals surface area contributed by atoms with Gasteiger partial charge in [0.05, 0.1) is 32.2 Å². The van der Waals surface area contributed by atoms with Crippen LogP contribution in [0.15, 0.2) is 36.4 Å². The summed E-state index contributed by atoms with van der Waals surface area (Å²) in [6.07, 6.45) is -4.88. The molecule has 0 N–H and O–H groups in total. The minimum absolute atomic E-state index is 0.0509. The summed E-state index contributed by atoms with van der Waals surface area (Å²) in [5.74, 6) is -3.36. The van der Waals surface area contributed by atoms with Crippen molar-refractivity contribution >= 4 is 64.0 Å². The first-order chi connectivity index (χ1) is 22.1. The molecule has 5 rings (SSSR count). The van der Waals surface area contributed by atoms with Crippen molar-refractivity contribution in [2.75, 3.05) is 13.2 Å². The average molecular weight is 635 g/mol. The lowest BCUT2D eigenvalue weighted by Gasteiger charge is -2.25. The predicted octanol–water partition coefficient (Wildman–Crippen LogP) is 3.90. The average Bonchev–Trinajstić information content (AvgIpc) is 3.64. The Morgan fingerprint density at radius 2 is 1.58 bits per heavy atom. The molecule has 12 nitrogen and oxygen atoms in total. The third-order valence-electron chi connectivity index (χ3n) is 6.95. The maximum atomic E-state index is 12.9. The molecule has 14 heteroatoms. The maximum Gasteiger partial charge on any atom is 0.303 e. The van der Waals surface area contributed by atoms with Crippen LogP contribution >= 0.6 is 23.2 Å². The van der Waals surface area contributed by atoms with Crippen LogP contribution in [0.5, 0.6) is 0 Å². The van der Waals surface area contributed by atoms with E-state index in [1.54, 1.807) is 24.3 Å². The van der Waals surface area contributed by atoms with Gasteiger partial charge in [0.25, 0.3) is 11.8 Å². The standard InChI is InChI=1S/C29H27Cl2N3O9/c1-14(35)40-13-23-25(41-15(2)36)26(42-16(3)37)29(43-23)34-22-12-20(31)19(30)11-21(22)32-24(34)9-6-10-33-27(38)17-7-4-5-8-18(17)28(33)39/h4-5,7-8,11-12,23,25-26,29H,6,9-10,13H2,1-3H3/t23-,25-,26-,29?/m1/s1/i1D,2D,3D. The summed E-state index contributed by atoms with van der Waals surface area (Å²) in [5, 5.41) is 0.354. The number of amides is 2. The molecule has 0 aliphatic carbocycles. The first kappa shape index (κ1) is 26.6. The predicted molar refractivity (Wildman–Crippen MR) is 152 cm³/mol. The smallest absolute Gasteiger partial charge is 0.303 e. The number of halogens is 2. The Morgan fingerprint density at radius 3 is 2.23 bits per heavy atom. The fraction of sp³-hybridized carbons (Fsp3) is 0.379. The highest BCUT2D eigenvalue weighted by molar-refractivity contribution is 6.42. The van der Waals surface area contributed by atoms with Crippen LogP contribution in [-0.2, 0) is 39.8 Å². The Kier molecular flexibility index (Phi) is 7.62. The molecule has 1 unspecified atom stereocenters. The third-order valence-corrected chi connectivity index (χ3v) is 7.67. The molecule has 4 atom stereocenters. The van der Waals surface area contributed by atoms with Crippen molar-refractivity contribution in [1.29, 1.82) is 0 Å². The molecule has 1 saturated heterocycles. The van der Waals surface area contributed by atoms with Crippen molar-refractivity contribution in [3.63, 3.8) is 0 Å². The molecule has 3 aromatic rings.